The van der Waals surface area contributed by atoms with Gasteiger partial charge < -0.3 is 16.0 Å². The summed E-state index contributed by atoms with van der Waals surface area (Å²) >= 11 is 0. The second-order valence-corrected chi connectivity index (χ2v) is 6.92. The van der Waals surface area contributed by atoms with Gasteiger partial charge in [0.1, 0.15) is 0 Å². The number of carbonyl (C=O) groups excluding carboxylic acids is 1. The number of rotatable bonds is 10. The molecule has 0 radical (unpaired) electrons. The smallest absolute Gasteiger partial charge is 0.222 e. The molecule has 0 aliphatic rings. The highest BCUT2D eigenvalue weighted by Gasteiger charge is 2.17. The Morgan fingerprint density at radius 1 is 1.09 bits per heavy atom. The fourth-order valence-corrected chi connectivity index (χ4v) is 2.06. The number of hydrogen-bond acceptors (Lipinski definition) is 2. The molecule has 0 spiro atoms. The number of nitrogens with zero attached hydrogens (tertiary/aromatic N) is 1. The van der Waals surface area contributed by atoms with Gasteiger partial charge in [-0.1, -0.05) is 53.9 Å². The molecule has 0 aromatic carbocycles. The van der Waals surface area contributed by atoms with E-state index in [9.17, 15) is 4.79 Å². The van der Waals surface area contributed by atoms with Crippen LogP contribution < -0.4 is 16.0 Å². The first-order valence-corrected chi connectivity index (χ1v) is 8.54. The van der Waals surface area contributed by atoms with Crippen LogP contribution in [0.25, 0.3) is 0 Å². The number of amides is 1. The molecule has 0 saturated carbocycles. The molecule has 130 valence electrons. The van der Waals surface area contributed by atoms with Crippen LogP contribution in [0, 0.1) is 11.3 Å². The summed E-state index contributed by atoms with van der Waals surface area (Å²) in [6.45, 7) is 12.8. The molecule has 0 aromatic heterocycles. The second-order valence-electron chi connectivity index (χ2n) is 6.92. The fourth-order valence-electron chi connectivity index (χ4n) is 2.06. The van der Waals surface area contributed by atoms with Gasteiger partial charge in [-0.15, -0.1) is 0 Å². The fraction of sp³-hybridized carbons (Fsp3) is 0.882. The third-order valence-electron chi connectivity index (χ3n) is 3.66. The van der Waals surface area contributed by atoms with Gasteiger partial charge in [-0.3, -0.25) is 9.79 Å². The van der Waals surface area contributed by atoms with E-state index in [-0.39, 0.29) is 17.2 Å². The topological polar surface area (TPSA) is 65.5 Å². The standard InChI is InChI=1S/C17H36N4O/c1-7-8-9-10-17(4,5)13-21-16(18-6)20-12-11-19-15(22)14(2)3/h14H,7-13H2,1-6H3,(H,19,22)(H2,18,20,21). The van der Waals surface area contributed by atoms with Crippen LogP contribution in [0.15, 0.2) is 4.99 Å². The highest BCUT2D eigenvalue weighted by Crippen LogP contribution is 2.22. The van der Waals surface area contributed by atoms with E-state index >= 15 is 0 Å². The number of nitrogens with one attached hydrogen (secondary N) is 3. The molecule has 0 aliphatic carbocycles. The average Bonchev–Trinajstić information content (AvgIpc) is 2.46. The van der Waals surface area contributed by atoms with Gasteiger partial charge in [0.05, 0.1) is 0 Å². The first-order chi connectivity index (χ1) is 10.3. The lowest BCUT2D eigenvalue weighted by Gasteiger charge is -2.26. The van der Waals surface area contributed by atoms with Crippen LogP contribution >= 0.6 is 0 Å². The van der Waals surface area contributed by atoms with Gasteiger partial charge in [-0.25, -0.2) is 0 Å². The van der Waals surface area contributed by atoms with E-state index in [0.29, 0.717) is 13.1 Å². The molecular weight excluding hydrogens is 276 g/mol. The van der Waals surface area contributed by atoms with Crippen LogP contribution in [0.1, 0.15) is 60.3 Å². The van der Waals surface area contributed by atoms with Crippen LogP contribution in [0.4, 0.5) is 0 Å². The zero-order valence-corrected chi connectivity index (χ0v) is 15.4. The molecular formula is C17H36N4O. The largest absolute Gasteiger partial charge is 0.356 e. The van der Waals surface area contributed by atoms with E-state index < -0.39 is 0 Å². The van der Waals surface area contributed by atoms with Crippen LogP contribution in [-0.4, -0.2) is 38.5 Å². The zero-order valence-electron chi connectivity index (χ0n) is 15.4. The lowest BCUT2D eigenvalue weighted by Crippen LogP contribution is -2.44. The third-order valence-corrected chi connectivity index (χ3v) is 3.66. The molecule has 0 fully saturated rings. The van der Waals surface area contributed by atoms with Crippen molar-refractivity contribution in [2.45, 2.75) is 60.3 Å². The molecule has 5 heteroatoms. The van der Waals surface area contributed by atoms with Crippen molar-refractivity contribution in [1.82, 2.24) is 16.0 Å². The minimum atomic E-state index is 0.0290. The summed E-state index contributed by atoms with van der Waals surface area (Å²) in [5, 5.41) is 9.49. The normalized spacial score (nSPS) is 12.4. The van der Waals surface area contributed by atoms with Gasteiger partial charge in [-0.2, -0.15) is 0 Å². The molecule has 0 saturated heterocycles. The molecule has 0 heterocycles. The van der Waals surface area contributed by atoms with E-state index in [1.807, 2.05) is 13.8 Å². The maximum atomic E-state index is 11.5. The number of hydrogen-bond donors (Lipinski definition) is 3. The van der Waals surface area contributed by atoms with Crippen molar-refractivity contribution >= 4 is 11.9 Å². The SMILES string of the molecule is CCCCCC(C)(C)CNC(=NC)NCCNC(=O)C(C)C. The number of unbranched alkanes of at least 4 members (excludes halogenated alkanes) is 2. The molecule has 0 bridgehead atoms. The van der Waals surface area contributed by atoms with Crippen molar-refractivity contribution < 1.29 is 4.79 Å². The third kappa shape index (κ3) is 10.5. The van der Waals surface area contributed by atoms with Crippen LogP contribution in [0.5, 0.6) is 0 Å². The van der Waals surface area contributed by atoms with Crippen molar-refractivity contribution in [1.29, 1.82) is 0 Å². The predicted octanol–water partition coefficient (Wildman–Crippen LogP) is 2.53. The first kappa shape index (κ1) is 20.7. The van der Waals surface area contributed by atoms with Gasteiger partial charge in [0.25, 0.3) is 0 Å². The van der Waals surface area contributed by atoms with Crippen molar-refractivity contribution in [2.75, 3.05) is 26.7 Å². The van der Waals surface area contributed by atoms with E-state index in [1.54, 1.807) is 7.05 Å². The summed E-state index contributed by atoms with van der Waals surface area (Å²) in [6.07, 6.45) is 5.05. The van der Waals surface area contributed by atoms with Gasteiger partial charge >= 0.3 is 0 Å². The maximum Gasteiger partial charge on any atom is 0.222 e. The lowest BCUT2D eigenvalue weighted by molar-refractivity contribution is -0.123. The summed E-state index contributed by atoms with van der Waals surface area (Å²) in [6, 6.07) is 0. The molecule has 0 atom stereocenters. The predicted molar refractivity (Wildman–Crippen MR) is 95.1 cm³/mol. The summed E-state index contributed by atoms with van der Waals surface area (Å²) in [7, 11) is 1.77. The molecule has 5 nitrogen and oxygen atoms in total. The Morgan fingerprint density at radius 3 is 2.27 bits per heavy atom. The van der Waals surface area contributed by atoms with Crippen molar-refractivity contribution in [3.05, 3.63) is 0 Å². The Balaban J connectivity index is 3.95. The number of carbonyl (C=O) groups is 1. The minimum absolute atomic E-state index is 0.0290. The van der Waals surface area contributed by atoms with Gasteiger partial charge in [0.2, 0.25) is 5.91 Å². The second kappa shape index (κ2) is 11.3. The summed E-state index contributed by atoms with van der Waals surface area (Å²) in [5.41, 5.74) is 0.263. The Kier molecular flexibility index (Phi) is 10.7. The Labute approximate surface area is 136 Å². The van der Waals surface area contributed by atoms with Crippen LogP contribution in [-0.2, 0) is 4.79 Å². The minimum Gasteiger partial charge on any atom is -0.356 e. The van der Waals surface area contributed by atoms with E-state index in [1.165, 1.54) is 25.7 Å². The van der Waals surface area contributed by atoms with Crippen LogP contribution in [0.2, 0.25) is 0 Å². The summed E-state index contributed by atoms with van der Waals surface area (Å²) in [5.74, 6) is 0.908. The van der Waals surface area contributed by atoms with Crippen molar-refractivity contribution in [3.63, 3.8) is 0 Å². The lowest BCUT2D eigenvalue weighted by atomic mass is 9.87. The Hall–Kier alpha value is -1.26. The molecule has 1 amide bonds. The zero-order chi connectivity index (χ0) is 17.0. The Bertz CT molecular complexity index is 338. The number of aliphatic imine (C=N–C) groups is 1. The van der Waals surface area contributed by atoms with Crippen molar-refractivity contribution in [2.24, 2.45) is 16.3 Å². The molecule has 22 heavy (non-hydrogen) atoms. The molecule has 0 aromatic rings. The van der Waals surface area contributed by atoms with Gasteiger partial charge in [0.15, 0.2) is 5.96 Å². The average molecular weight is 313 g/mol. The van der Waals surface area contributed by atoms with E-state index in [2.05, 4.69) is 41.7 Å². The Morgan fingerprint density at radius 2 is 1.73 bits per heavy atom. The number of guanidine groups is 1. The summed E-state index contributed by atoms with van der Waals surface area (Å²) < 4.78 is 0. The van der Waals surface area contributed by atoms with Gasteiger partial charge in [0, 0.05) is 32.6 Å². The van der Waals surface area contributed by atoms with Crippen LogP contribution in [0.3, 0.4) is 0 Å². The maximum absolute atomic E-state index is 11.5. The first-order valence-electron chi connectivity index (χ1n) is 8.54. The highest BCUT2D eigenvalue weighted by molar-refractivity contribution is 5.80. The molecule has 0 aliphatic heterocycles. The summed E-state index contributed by atoms with van der Waals surface area (Å²) in [4.78, 5) is 15.7. The molecule has 0 rings (SSSR count). The monoisotopic (exact) mass is 312 g/mol. The van der Waals surface area contributed by atoms with Crippen molar-refractivity contribution in [3.8, 4) is 0 Å². The van der Waals surface area contributed by atoms with E-state index in [4.69, 9.17) is 0 Å². The van der Waals surface area contributed by atoms with Gasteiger partial charge in [-0.05, 0) is 11.8 Å². The quantitative estimate of drug-likeness (QED) is 0.330. The van der Waals surface area contributed by atoms with E-state index in [0.717, 1.165) is 12.5 Å². The molecule has 3 N–H and O–H groups in total. The molecule has 0 unspecified atom stereocenters. The highest BCUT2D eigenvalue weighted by atomic mass is 16.1.